The molecule has 0 atom stereocenters. The fraction of sp³-hybridized carbons (Fsp3) is 0.450. The Morgan fingerprint density at radius 2 is 1.92 bits per heavy atom. The number of rotatable bonds is 5. The van der Waals surface area contributed by atoms with E-state index in [1.54, 1.807) is 6.07 Å². The fourth-order valence-electron chi connectivity index (χ4n) is 3.27. The number of carbonyl (C=O) groups excluding carboxylic acids is 1. The molecule has 1 aliphatic rings. The number of hydrogen-bond acceptors (Lipinski definition) is 4. The van der Waals surface area contributed by atoms with Gasteiger partial charge in [-0.1, -0.05) is 49.1 Å². The van der Waals surface area contributed by atoms with Crippen LogP contribution in [0.2, 0.25) is 0 Å². The van der Waals surface area contributed by atoms with Gasteiger partial charge in [0.1, 0.15) is 5.69 Å². The van der Waals surface area contributed by atoms with Crippen molar-refractivity contribution in [1.82, 2.24) is 15.3 Å². The van der Waals surface area contributed by atoms with Crippen molar-refractivity contribution in [2.24, 2.45) is 0 Å². The Balaban J connectivity index is 1.66. The third kappa shape index (κ3) is 5.02. The van der Waals surface area contributed by atoms with Crippen LogP contribution >= 0.6 is 0 Å². The highest BCUT2D eigenvalue weighted by Crippen LogP contribution is 2.18. The zero-order chi connectivity index (χ0) is 17.6. The predicted octanol–water partition coefficient (Wildman–Crippen LogP) is 3.77. The van der Waals surface area contributed by atoms with Gasteiger partial charge < -0.3 is 10.6 Å². The summed E-state index contributed by atoms with van der Waals surface area (Å²) in [6.07, 6.45) is 5.78. The van der Waals surface area contributed by atoms with E-state index in [9.17, 15) is 4.79 Å². The third-order valence-electron chi connectivity index (χ3n) is 4.56. The van der Waals surface area contributed by atoms with E-state index >= 15 is 0 Å². The Bertz CT molecular complexity index is 738. The minimum absolute atomic E-state index is 0.101. The second-order valence-corrected chi connectivity index (χ2v) is 6.87. The molecule has 0 spiro atoms. The summed E-state index contributed by atoms with van der Waals surface area (Å²) in [5.74, 6) is 0.395. The smallest absolute Gasteiger partial charge is 0.270 e. The summed E-state index contributed by atoms with van der Waals surface area (Å²) >= 11 is 0. The topological polar surface area (TPSA) is 66.9 Å². The molecular weight excluding hydrogens is 312 g/mol. The molecule has 1 aliphatic carbocycles. The van der Waals surface area contributed by atoms with Gasteiger partial charge in [-0.15, -0.1) is 0 Å². The molecule has 1 fully saturated rings. The predicted molar refractivity (Wildman–Crippen MR) is 99.6 cm³/mol. The number of nitrogens with one attached hydrogen (secondary N) is 2. The number of nitrogens with zero attached hydrogens (tertiary/aromatic N) is 2. The first kappa shape index (κ1) is 17.4. The van der Waals surface area contributed by atoms with Crippen LogP contribution in [-0.4, -0.2) is 21.9 Å². The minimum Gasteiger partial charge on any atom is -0.350 e. The normalized spacial score (nSPS) is 15.0. The third-order valence-corrected chi connectivity index (χ3v) is 4.56. The van der Waals surface area contributed by atoms with Gasteiger partial charge in [-0.3, -0.25) is 4.79 Å². The molecule has 2 N–H and O–H groups in total. The van der Waals surface area contributed by atoms with E-state index in [0.717, 1.165) is 18.5 Å². The number of amides is 1. The molecule has 1 aromatic carbocycles. The Hall–Kier alpha value is -2.43. The average molecular weight is 338 g/mol. The van der Waals surface area contributed by atoms with Gasteiger partial charge in [0.2, 0.25) is 5.95 Å². The van der Waals surface area contributed by atoms with Gasteiger partial charge in [-0.2, -0.15) is 0 Å². The molecule has 0 bridgehead atoms. The maximum atomic E-state index is 12.5. The second kappa shape index (κ2) is 8.10. The standard InChI is InChI=1S/C20H26N4O/c1-14-7-6-8-16(11-14)13-21-20-22-15(2)12-18(24-20)19(25)23-17-9-4-3-5-10-17/h6-8,11-12,17H,3-5,9-10,13H2,1-2H3,(H,23,25)(H,21,22,24). The Morgan fingerprint density at radius 3 is 2.68 bits per heavy atom. The van der Waals surface area contributed by atoms with E-state index in [0.29, 0.717) is 18.2 Å². The summed E-state index contributed by atoms with van der Waals surface area (Å²) in [4.78, 5) is 21.3. The quantitative estimate of drug-likeness (QED) is 0.871. The molecular formula is C20H26N4O. The first-order valence-electron chi connectivity index (χ1n) is 9.06. The first-order valence-corrected chi connectivity index (χ1v) is 9.06. The number of benzene rings is 1. The molecule has 1 amide bonds. The largest absolute Gasteiger partial charge is 0.350 e. The van der Waals surface area contributed by atoms with E-state index < -0.39 is 0 Å². The lowest BCUT2D eigenvalue weighted by Gasteiger charge is -2.22. The molecule has 132 valence electrons. The lowest BCUT2D eigenvalue weighted by Crippen LogP contribution is -2.36. The molecule has 0 radical (unpaired) electrons. The molecule has 5 nitrogen and oxygen atoms in total. The number of carbonyl (C=O) groups is 1. The monoisotopic (exact) mass is 338 g/mol. The van der Waals surface area contributed by atoms with Crippen molar-refractivity contribution in [2.45, 2.75) is 58.5 Å². The fourth-order valence-corrected chi connectivity index (χ4v) is 3.27. The van der Waals surface area contributed by atoms with Crippen LogP contribution in [0.15, 0.2) is 30.3 Å². The van der Waals surface area contributed by atoms with Crippen LogP contribution in [0.25, 0.3) is 0 Å². The molecule has 0 unspecified atom stereocenters. The van der Waals surface area contributed by atoms with Gasteiger partial charge in [-0.25, -0.2) is 9.97 Å². The maximum absolute atomic E-state index is 12.5. The zero-order valence-corrected chi connectivity index (χ0v) is 15.0. The molecule has 1 saturated carbocycles. The number of hydrogen-bond donors (Lipinski definition) is 2. The maximum Gasteiger partial charge on any atom is 0.270 e. The molecule has 0 saturated heterocycles. The SMILES string of the molecule is Cc1cccc(CNc2nc(C)cc(C(=O)NC3CCCCC3)n2)c1. The van der Waals surface area contributed by atoms with E-state index in [-0.39, 0.29) is 11.9 Å². The van der Waals surface area contributed by atoms with Crippen LogP contribution in [-0.2, 0) is 6.54 Å². The lowest BCUT2D eigenvalue weighted by molar-refractivity contribution is 0.0922. The molecule has 25 heavy (non-hydrogen) atoms. The molecule has 1 aromatic heterocycles. The Kier molecular flexibility index (Phi) is 5.64. The zero-order valence-electron chi connectivity index (χ0n) is 15.0. The first-order chi connectivity index (χ1) is 12.1. The minimum atomic E-state index is -0.101. The molecule has 0 aliphatic heterocycles. The van der Waals surface area contributed by atoms with Crippen molar-refractivity contribution in [3.8, 4) is 0 Å². The summed E-state index contributed by atoms with van der Waals surface area (Å²) in [5, 5.41) is 6.34. The average Bonchev–Trinajstić information content (AvgIpc) is 2.60. The summed E-state index contributed by atoms with van der Waals surface area (Å²) in [5.41, 5.74) is 3.61. The van der Waals surface area contributed by atoms with Crippen LogP contribution in [0.5, 0.6) is 0 Å². The van der Waals surface area contributed by atoms with Gasteiger partial charge in [-0.05, 0) is 38.3 Å². The van der Waals surface area contributed by atoms with Crippen molar-refractivity contribution in [3.63, 3.8) is 0 Å². The highest BCUT2D eigenvalue weighted by Gasteiger charge is 2.18. The van der Waals surface area contributed by atoms with E-state index in [1.165, 1.54) is 30.4 Å². The molecule has 2 aromatic rings. The highest BCUT2D eigenvalue weighted by atomic mass is 16.1. The Labute approximate surface area is 149 Å². The van der Waals surface area contributed by atoms with Crippen molar-refractivity contribution in [3.05, 3.63) is 52.8 Å². The van der Waals surface area contributed by atoms with Gasteiger partial charge in [0.25, 0.3) is 5.91 Å². The molecule has 3 rings (SSSR count). The summed E-state index contributed by atoms with van der Waals surface area (Å²) in [6, 6.07) is 10.3. The summed E-state index contributed by atoms with van der Waals surface area (Å²) in [6.45, 7) is 4.59. The molecule has 5 heteroatoms. The summed E-state index contributed by atoms with van der Waals surface area (Å²) in [7, 11) is 0. The van der Waals surface area contributed by atoms with E-state index in [1.807, 2.05) is 13.0 Å². The van der Waals surface area contributed by atoms with Crippen LogP contribution < -0.4 is 10.6 Å². The van der Waals surface area contributed by atoms with Crippen LogP contribution in [0.1, 0.15) is 59.4 Å². The van der Waals surface area contributed by atoms with Gasteiger partial charge >= 0.3 is 0 Å². The van der Waals surface area contributed by atoms with Crippen molar-refractivity contribution in [1.29, 1.82) is 0 Å². The number of aryl methyl sites for hydroxylation is 2. The number of anilines is 1. The van der Waals surface area contributed by atoms with Crippen molar-refractivity contribution in [2.75, 3.05) is 5.32 Å². The second-order valence-electron chi connectivity index (χ2n) is 6.87. The van der Waals surface area contributed by atoms with E-state index in [2.05, 4.69) is 45.7 Å². The van der Waals surface area contributed by atoms with Crippen LogP contribution in [0.3, 0.4) is 0 Å². The van der Waals surface area contributed by atoms with Crippen LogP contribution in [0.4, 0.5) is 5.95 Å². The lowest BCUT2D eigenvalue weighted by atomic mass is 9.95. The van der Waals surface area contributed by atoms with Gasteiger partial charge in [0, 0.05) is 18.3 Å². The van der Waals surface area contributed by atoms with Crippen molar-refractivity contribution >= 4 is 11.9 Å². The van der Waals surface area contributed by atoms with Crippen molar-refractivity contribution < 1.29 is 4.79 Å². The van der Waals surface area contributed by atoms with E-state index in [4.69, 9.17) is 0 Å². The Morgan fingerprint density at radius 1 is 1.12 bits per heavy atom. The van der Waals surface area contributed by atoms with Crippen LogP contribution in [0, 0.1) is 13.8 Å². The highest BCUT2D eigenvalue weighted by molar-refractivity contribution is 5.92. The summed E-state index contributed by atoms with van der Waals surface area (Å²) < 4.78 is 0. The molecule has 1 heterocycles. The van der Waals surface area contributed by atoms with Gasteiger partial charge in [0.15, 0.2) is 0 Å². The number of aromatic nitrogens is 2. The van der Waals surface area contributed by atoms with Gasteiger partial charge in [0.05, 0.1) is 0 Å².